The molecule has 0 aromatic heterocycles. The quantitative estimate of drug-likeness (QED) is 0.805. The van der Waals surface area contributed by atoms with Crippen molar-refractivity contribution in [1.82, 2.24) is 0 Å². The summed E-state index contributed by atoms with van der Waals surface area (Å²) in [4.78, 5) is 11.5. The van der Waals surface area contributed by atoms with Crippen molar-refractivity contribution in [2.75, 3.05) is 0 Å². The van der Waals surface area contributed by atoms with E-state index in [0.717, 1.165) is 0 Å². The maximum atomic E-state index is 12.6. The number of halogens is 4. The van der Waals surface area contributed by atoms with Crippen molar-refractivity contribution < 1.29 is 23.1 Å². The number of carbonyl (C=O) groups excluding carboxylic acids is 1. The predicted molar refractivity (Wildman–Crippen MR) is 78.6 cm³/mol. The smallest absolute Gasteiger partial charge is 0.454 e. The molecule has 6 heteroatoms. The van der Waals surface area contributed by atoms with Gasteiger partial charge in [-0.3, -0.25) is 4.79 Å². The van der Waals surface area contributed by atoms with Crippen molar-refractivity contribution in [3.8, 4) is 0 Å². The highest BCUT2D eigenvalue weighted by molar-refractivity contribution is 6.32. The lowest BCUT2D eigenvalue weighted by Gasteiger charge is -2.11. The highest BCUT2D eigenvalue weighted by atomic mass is 35.5. The van der Waals surface area contributed by atoms with Gasteiger partial charge in [-0.05, 0) is 49.0 Å². The Bertz CT molecular complexity index is 645. The molecule has 0 amide bonds. The molecule has 0 heterocycles. The van der Waals surface area contributed by atoms with Gasteiger partial charge < -0.3 is 5.11 Å². The van der Waals surface area contributed by atoms with Crippen LogP contribution in [0.5, 0.6) is 0 Å². The normalized spacial score (nSPS) is 18.5. The van der Waals surface area contributed by atoms with Gasteiger partial charge in [0, 0.05) is 10.6 Å². The number of allylic oxidation sites excluding steroid dienone is 2. The number of hydrogen-bond donors (Lipinski definition) is 1. The minimum atomic E-state index is -4.98. The van der Waals surface area contributed by atoms with Crippen molar-refractivity contribution in [3.05, 3.63) is 51.8 Å². The van der Waals surface area contributed by atoms with Crippen molar-refractivity contribution in [3.63, 3.8) is 0 Å². The number of ketones is 1. The molecule has 2 rings (SSSR count). The zero-order valence-corrected chi connectivity index (χ0v) is 12.3. The fourth-order valence-corrected chi connectivity index (χ4v) is 2.55. The van der Waals surface area contributed by atoms with Crippen LogP contribution in [-0.2, 0) is 4.79 Å². The Balaban J connectivity index is 2.47. The Labute approximate surface area is 130 Å². The summed E-state index contributed by atoms with van der Waals surface area (Å²) in [6, 6.07) is 6.80. The zero-order valence-electron chi connectivity index (χ0n) is 11.6. The molecule has 0 bridgehead atoms. The highest BCUT2D eigenvalue weighted by Crippen LogP contribution is 2.33. The van der Waals surface area contributed by atoms with Gasteiger partial charge in [-0.1, -0.05) is 29.8 Å². The number of alkyl halides is 3. The number of rotatable bonds is 2. The van der Waals surface area contributed by atoms with Gasteiger partial charge in [-0.25, -0.2) is 0 Å². The summed E-state index contributed by atoms with van der Waals surface area (Å²) in [5, 5.41) is 10.6. The van der Waals surface area contributed by atoms with Gasteiger partial charge in [0.1, 0.15) is 5.76 Å². The molecule has 2 nitrogen and oxygen atoms in total. The topological polar surface area (TPSA) is 37.3 Å². The van der Waals surface area contributed by atoms with Crippen LogP contribution in [0.3, 0.4) is 0 Å². The van der Waals surface area contributed by atoms with E-state index in [0.29, 0.717) is 35.4 Å². The Morgan fingerprint density at radius 2 is 1.82 bits per heavy atom. The van der Waals surface area contributed by atoms with Crippen LogP contribution in [0.15, 0.2) is 41.2 Å². The maximum Gasteiger partial charge on any atom is 0.454 e. The molecule has 1 aliphatic rings. The second-order valence-electron chi connectivity index (χ2n) is 5.05. The Morgan fingerprint density at radius 3 is 2.45 bits per heavy atom. The first kappa shape index (κ1) is 16.6. The largest absolute Gasteiger partial charge is 0.507 e. The number of aliphatic hydroxyl groups excluding tert-OH is 1. The summed E-state index contributed by atoms with van der Waals surface area (Å²) >= 11 is 6.01. The van der Waals surface area contributed by atoms with Gasteiger partial charge in [0.25, 0.3) is 5.78 Å². The fraction of sp³-hybridized carbons (Fsp3) is 0.312. The summed E-state index contributed by atoms with van der Waals surface area (Å²) in [5.74, 6) is -2.54. The molecule has 0 fully saturated rings. The number of benzene rings is 1. The van der Waals surface area contributed by atoms with Crippen LogP contribution >= 0.6 is 11.6 Å². The summed E-state index contributed by atoms with van der Waals surface area (Å²) in [6.45, 7) is 0. The SMILES string of the molecule is O=C(C1=C(O)/C(=C/c2ccccc2Cl)CCCC1)C(F)(F)F. The molecule has 0 aliphatic heterocycles. The lowest BCUT2D eigenvalue weighted by Crippen LogP contribution is -2.25. The first-order chi connectivity index (χ1) is 10.3. The van der Waals surface area contributed by atoms with Crippen molar-refractivity contribution in [1.29, 1.82) is 0 Å². The molecular formula is C16H14ClF3O2. The third kappa shape index (κ3) is 3.71. The summed E-state index contributed by atoms with van der Waals surface area (Å²) in [5.41, 5.74) is 0.327. The number of hydrogen-bond acceptors (Lipinski definition) is 2. The van der Waals surface area contributed by atoms with Crippen molar-refractivity contribution in [2.45, 2.75) is 31.9 Å². The van der Waals surface area contributed by atoms with Gasteiger partial charge in [0.15, 0.2) is 0 Å². The molecule has 0 atom stereocenters. The first-order valence-electron chi connectivity index (χ1n) is 6.80. The van der Waals surface area contributed by atoms with Gasteiger partial charge in [0.05, 0.1) is 0 Å². The third-order valence-electron chi connectivity index (χ3n) is 3.48. The fourth-order valence-electron chi connectivity index (χ4n) is 2.36. The van der Waals surface area contributed by atoms with Gasteiger partial charge in [0.2, 0.25) is 0 Å². The average molecular weight is 331 g/mol. The van der Waals surface area contributed by atoms with E-state index in [1.165, 1.54) is 6.08 Å². The predicted octanol–water partition coefficient (Wildman–Crippen LogP) is 5.24. The molecule has 0 spiro atoms. The average Bonchev–Trinajstić information content (AvgIpc) is 2.62. The van der Waals surface area contributed by atoms with Crippen LogP contribution in [0.1, 0.15) is 31.2 Å². The van der Waals surface area contributed by atoms with Gasteiger partial charge >= 0.3 is 6.18 Å². The second kappa shape index (κ2) is 6.57. The van der Waals surface area contributed by atoms with Gasteiger partial charge in [-0.2, -0.15) is 13.2 Å². The molecular weight excluding hydrogens is 317 g/mol. The number of aliphatic hydroxyl groups is 1. The first-order valence-corrected chi connectivity index (χ1v) is 7.17. The molecule has 1 aromatic rings. The maximum absolute atomic E-state index is 12.6. The Kier molecular flexibility index (Phi) is 4.96. The second-order valence-corrected chi connectivity index (χ2v) is 5.46. The van der Waals surface area contributed by atoms with E-state index in [9.17, 15) is 23.1 Å². The third-order valence-corrected chi connectivity index (χ3v) is 3.82. The van der Waals surface area contributed by atoms with Crippen LogP contribution in [0.2, 0.25) is 5.02 Å². The van der Waals surface area contributed by atoms with E-state index < -0.39 is 23.3 Å². The van der Waals surface area contributed by atoms with Crippen LogP contribution in [-0.4, -0.2) is 17.1 Å². The van der Waals surface area contributed by atoms with E-state index in [2.05, 4.69) is 0 Å². The van der Waals surface area contributed by atoms with E-state index in [-0.39, 0.29) is 6.42 Å². The van der Waals surface area contributed by atoms with E-state index in [4.69, 9.17) is 11.6 Å². The zero-order chi connectivity index (χ0) is 16.3. The minimum absolute atomic E-state index is 0.0793. The molecule has 22 heavy (non-hydrogen) atoms. The van der Waals surface area contributed by atoms with Crippen molar-refractivity contribution in [2.24, 2.45) is 0 Å². The van der Waals surface area contributed by atoms with Crippen LogP contribution in [0.4, 0.5) is 13.2 Å². The van der Waals surface area contributed by atoms with E-state index >= 15 is 0 Å². The lowest BCUT2D eigenvalue weighted by molar-refractivity contribution is -0.166. The molecule has 0 saturated heterocycles. The minimum Gasteiger partial charge on any atom is -0.507 e. The monoisotopic (exact) mass is 330 g/mol. The Hall–Kier alpha value is -1.75. The van der Waals surface area contributed by atoms with Gasteiger partial charge in [-0.15, -0.1) is 0 Å². The van der Waals surface area contributed by atoms with E-state index in [1.807, 2.05) is 0 Å². The molecule has 0 saturated carbocycles. The molecule has 1 aliphatic carbocycles. The number of Topliss-reactive ketones (excluding diaryl/α,β-unsaturated/α-hetero) is 1. The standard InChI is InChI=1S/C16H14ClF3O2/c17-13-8-4-2-5-10(13)9-11-6-1-3-7-12(14(11)21)15(22)16(18,19)20/h2,4-5,8-9,21H,1,3,6-7H2/b11-9+. The molecule has 1 N–H and O–H groups in total. The van der Waals surface area contributed by atoms with Crippen LogP contribution < -0.4 is 0 Å². The van der Waals surface area contributed by atoms with Crippen molar-refractivity contribution >= 4 is 23.5 Å². The van der Waals surface area contributed by atoms with E-state index in [1.54, 1.807) is 24.3 Å². The summed E-state index contributed by atoms with van der Waals surface area (Å²) in [6.07, 6.45) is -2.12. The Morgan fingerprint density at radius 1 is 1.18 bits per heavy atom. The highest BCUT2D eigenvalue weighted by Gasteiger charge is 2.42. The van der Waals surface area contributed by atoms with Crippen LogP contribution in [0.25, 0.3) is 6.08 Å². The summed E-state index contributed by atoms with van der Waals surface area (Å²) in [7, 11) is 0. The van der Waals surface area contributed by atoms with Crippen LogP contribution in [0, 0.1) is 0 Å². The molecule has 118 valence electrons. The lowest BCUT2D eigenvalue weighted by atomic mass is 10.0. The molecule has 1 aromatic carbocycles. The summed E-state index contributed by atoms with van der Waals surface area (Å²) < 4.78 is 37.9. The number of carbonyl (C=O) groups is 1. The molecule has 0 unspecified atom stereocenters. The molecule has 0 radical (unpaired) electrons.